The molecule has 1 aromatic heterocycles. The Morgan fingerprint density at radius 1 is 1.38 bits per heavy atom. The van der Waals surface area contributed by atoms with Gasteiger partial charge in [-0.2, -0.15) is 22.6 Å². The molecule has 2 rings (SSSR count). The molecule has 0 bridgehead atoms. The summed E-state index contributed by atoms with van der Waals surface area (Å²) >= 11 is 0. The van der Waals surface area contributed by atoms with Crippen LogP contribution in [-0.4, -0.2) is 47.8 Å². The Morgan fingerprint density at radius 3 is 2.71 bits per heavy atom. The molecule has 0 aromatic carbocycles. The number of alkyl halides is 3. The molecule has 0 amide bonds. The molecule has 0 aliphatic carbocycles. The van der Waals surface area contributed by atoms with Gasteiger partial charge < -0.3 is 5.73 Å². The van der Waals surface area contributed by atoms with Gasteiger partial charge in [0.2, 0.25) is 10.0 Å². The summed E-state index contributed by atoms with van der Waals surface area (Å²) in [6, 6.07) is -0.310. The highest BCUT2D eigenvalue weighted by atomic mass is 32.2. The molecule has 1 aliphatic rings. The van der Waals surface area contributed by atoms with Crippen LogP contribution in [-0.2, 0) is 16.6 Å². The molecule has 10 heteroatoms. The Hall–Kier alpha value is -1.13. The van der Waals surface area contributed by atoms with Crippen LogP contribution in [0.25, 0.3) is 0 Å². The predicted molar refractivity (Wildman–Crippen MR) is 68.9 cm³/mol. The summed E-state index contributed by atoms with van der Waals surface area (Å²) in [6.07, 6.45) is -0.327. The van der Waals surface area contributed by atoms with Crippen LogP contribution in [0.3, 0.4) is 0 Å². The Labute approximate surface area is 120 Å². The first-order chi connectivity index (χ1) is 9.74. The number of hydrogen-bond donors (Lipinski definition) is 1. The van der Waals surface area contributed by atoms with E-state index in [0.29, 0.717) is 24.1 Å². The zero-order valence-electron chi connectivity index (χ0n) is 11.3. The molecule has 1 fully saturated rings. The molecule has 2 N–H and O–H groups in total. The van der Waals surface area contributed by atoms with Crippen molar-refractivity contribution in [1.82, 2.24) is 14.1 Å². The number of nitrogens with two attached hydrogens (primary N) is 1. The topological polar surface area (TPSA) is 81.2 Å². The van der Waals surface area contributed by atoms with Gasteiger partial charge in [0, 0.05) is 25.3 Å². The monoisotopic (exact) mass is 326 g/mol. The lowest BCUT2D eigenvalue weighted by atomic mass is 10.1. The van der Waals surface area contributed by atoms with Crippen LogP contribution in [0.15, 0.2) is 17.3 Å². The van der Waals surface area contributed by atoms with Crippen LogP contribution in [0.5, 0.6) is 0 Å². The highest BCUT2D eigenvalue weighted by Crippen LogP contribution is 2.25. The van der Waals surface area contributed by atoms with E-state index in [1.165, 1.54) is 4.31 Å². The van der Waals surface area contributed by atoms with E-state index in [0.717, 1.165) is 18.8 Å². The number of aromatic nitrogens is 2. The van der Waals surface area contributed by atoms with Crippen LogP contribution in [0.1, 0.15) is 19.3 Å². The van der Waals surface area contributed by atoms with E-state index in [1.54, 1.807) is 0 Å². The number of piperidine rings is 1. The second kappa shape index (κ2) is 5.93. The van der Waals surface area contributed by atoms with Crippen LogP contribution in [0.4, 0.5) is 13.2 Å². The highest BCUT2D eigenvalue weighted by molar-refractivity contribution is 7.89. The van der Waals surface area contributed by atoms with E-state index in [2.05, 4.69) is 5.10 Å². The molecular weight excluding hydrogens is 309 g/mol. The van der Waals surface area contributed by atoms with Gasteiger partial charge in [0.25, 0.3) is 0 Å². The summed E-state index contributed by atoms with van der Waals surface area (Å²) in [5.74, 6) is 0. The smallest absolute Gasteiger partial charge is 0.329 e. The van der Waals surface area contributed by atoms with Crippen molar-refractivity contribution >= 4 is 10.0 Å². The molecule has 0 radical (unpaired) electrons. The van der Waals surface area contributed by atoms with E-state index in [9.17, 15) is 21.6 Å². The Kier molecular flexibility index (Phi) is 4.59. The molecular formula is C11H17F3N4O2S. The molecule has 0 saturated carbocycles. The van der Waals surface area contributed by atoms with Crippen molar-refractivity contribution in [1.29, 1.82) is 0 Å². The third kappa shape index (κ3) is 3.74. The summed E-state index contributed by atoms with van der Waals surface area (Å²) in [6.45, 7) is -0.798. The second-order valence-electron chi connectivity index (χ2n) is 4.99. The van der Waals surface area contributed by atoms with Crippen molar-refractivity contribution in [2.75, 3.05) is 13.1 Å². The molecule has 1 saturated heterocycles. The van der Waals surface area contributed by atoms with E-state index in [1.807, 2.05) is 0 Å². The minimum absolute atomic E-state index is 0.190. The molecule has 120 valence electrons. The largest absolute Gasteiger partial charge is 0.408 e. The number of sulfonamides is 1. The lowest BCUT2D eigenvalue weighted by molar-refractivity contribution is -0.142. The number of hydrogen-bond acceptors (Lipinski definition) is 4. The van der Waals surface area contributed by atoms with Crippen molar-refractivity contribution in [2.45, 2.75) is 42.9 Å². The van der Waals surface area contributed by atoms with Crippen LogP contribution in [0.2, 0.25) is 0 Å². The molecule has 1 unspecified atom stereocenters. The van der Waals surface area contributed by atoms with E-state index >= 15 is 0 Å². The van der Waals surface area contributed by atoms with Crippen LogP contribution in [0, 0.1) is 0 Å². The van der Waals surface area contributed by atoms with Crippen molar-refractivity contribution in [3.63, 3.8) is 0 Å². The van der Waals surface area contributed by atoms with Crippen molar-refractivity contribution in [3.05, 3.63) is 12.4 Å². The zero-order valence-corrected chi connectivity index (χ0v) is 12.1. The molecule has 1 aliphatic heterocycles. The van der Waals surface area contributed by atoms with Crippen molar-refractivity contribution < 1.29 is 21.6 Å². The van der Waals surface area contributed by atoms with Gasteiger partial charge >= 0.3 is 6.18 Å². The quantitative estimate of drug-likeness (QED) is 0.893. The minimum Gasteiger partial charge on any atom is -0.329 e. The Balaban J connectivity index is 2.23. The fourth-order valence-corrected chi connectivity index (χ4v) is 4.07. The maximum atomic E-state index is 12.5. The molecule has 6 nitrogen and oxygen atoms in total. The average Bonchev–Trinajstić information content (AvgIpc) is 2.85. The second-order valence-corrected chi connectivity index (χ2v) is 6.88. The van der Waals surface area contributed by atoms with Gasteiger partial charge in [-0.15, -0.1) is 0 Å². The SMILES string of the molecule is NCC1CCCCN1S(=O)(=O)c1cnn(CC(F)(F)F)c1. The van der Waals surface area contributed by atoms with Crippen molar-refractivity contribution in [2.24, 2.45) is 5.73 Å². The molecule has 21 heavy (non-hydrogen) atoms. The first-order valence-corrected chi connectivity index (χ1v) is 7.99. The van der Waals surface area contributed by atoms with Gasteiger partial charge in [0.05, 0.1) is 6.20 Å². The Bertz CT molecular complexity index is 585. The molecule has 1 aromatic rings. The summed E-state index contributed by atoms with van der Waals surface area (Å²) < 4.78 is 63.6. The van der Waals surface area contributed by atoms with Gasteiger partial charge in [0.15, 0.2) is 0 Å². The molecule has 2 heterocycles. The zero-order chi connectivity index (χ0) is 15.7. The standard InChI is InChI=1S/C11H17F3N4O2S/c12-11(13,14)8-17-7-10(6-16-17)21(19,20)18-4-2-1-3-9(18)5-15/h6-7,9H,1-5,8,15H2. The molecule has 0 spiro atoms. The fourth-order valence-electron chi connectivity index (χ4n) is 2.41. The fraction of sp³-hybridized carbons (Fsp3) is 0.727. The third-order valence-corrected chi connectivity index (χ3v) is 5.31. The highest BCUT2D eigenvalue weighted by Gasteiger charge is 2.34. The lowest BCUT2D eigenvalue weighted by Gasteiger charge is -2.33. The summed E-state index contributed by atoms with van der Waals surface area (Å²) in [4.78, 5) is -0.230. The number of nitrogens with zero attached hydrogens (tertiary/aromatic N) is 3. The lowest BCUT2D eigenvalue weighted by Crippen LogP contribution is -2.47. The van der Waals surface area contributed by atoms with Crippen LogP contribution >= 0.6 is 0 Å². The normalized spacial score (nSPS) is 21.6. The maximum absolute atomic E-state index is 12.5. The molecule has 1 atom stereocenters. The van der Waals surface area contributed by atoms with Gasteiger partial charge in [0.1, 0.15) is 11.4 Å². The van der Waals surface area contributed by atoms with Gasteiger partial charge in [-0.05, 0) is 12.8 Å². The van der Waals surface area contributed by atoms with E-state index < -0.39 is 22.7 Å². The van der Waals surface area contributed by atoms with Crippen molar-refractivity contribution in [3.8, 4) is 0 Å². The first-order valence-electron chi connectivity index (χ1n) is 6.55. The van der Waals surface area contributed by atoms with Crippen LogP contribution < -0.4 is 5.73 Å². The number of rotatable bonds is 4. The van der Waals surface area contributed by atoms with Gasteiger partial charge in [-0.1, -0.05) is 6.42 Å². The minimum atomic E-state index is -4.45. The first kappa shape index (κ1) is 16.2. The van der Waals surface area contributed by atoms with Gasteiger partial charge in [-0.3, -0.25) is 4.68 Å². The average molecular weight is 326 g/mol. The summed E-state index contributed by atoms with van der Waals surface area (Å²) in [5, 5.41) is 3.47. The maximum Gasteiger partial charge on any atom is 0.408 e. The summed E-state index contributed by atoms with van der Waals surface area (Å²) in [5.41, 5.74) is 5.58. The van der Waals surface area contributed by atoms with E-state index in [4.69, 9.17) is 5.73 Å². The predicted octanol–water partition coefficient (Wildman–Crippen LogP) is 0.947. The van der Waals surface area contributed by atoms with E-state index in [-0.39, 0.29) is 17.5 Å². The Morgan fingerprint density at radius 2 is 2.10 bits per heavy atom. The van der Waals surface area contributed by atoms with Gasteiger partial charge in [-0.25, -0.2) is 8.42 Å². The number of halogens is 3. The summed E-state index contributed by atoms with van der Waals surface area (Å²) in [7, 11) is -3.86. The third-order valence-electron chi connectivity index (χ3n) is 3.40.